The summed E-state index contributed by atoms with van der Waals surface area (Å²) < 4.78 is 4.89. The molecule has 1 saturated heterocycles. The topological polar surface area (TPSA) is 108 Å². The van der Waals surface area contributed by atoms with Crippen LogP contribution in [0.3, 0.4) is 0 Å². The van der Waals surface area contributed by atoms with E-state index < -0.39 is 29.6 Å². The lowest BCUT2D eigenvalue weighted by Gasteiger charge is -2.28. The molecule has 1 atom stereocenters. The van der Waals surface area contributed by atoms with Crippen molar-refractivity contribution in [2.45, 2.75) is 5.72 Å². The first-order valence-electron chi connectivity index (χ1n) is 4.97. The van der Waals surface area contributed by atoms with Crippen molar-refractivity contribution in [3.05, 3.63) is 0 Å². The van der Waals surface area contributed by atoms with Gasteiger partial charge in [-0.15, -0.1) is 0 Å². The van der Waals surface area contributed by atoms with Crippen LogP contribution < -0.4 is 10.6 Å². The molecule has 0 saturated carbocycles. The first-order chi connectivity index (χ1) is 8.32. The van der Waals surface area contributed by atoms with E-state index >= 15 is 0 Å². The highest BCUT2D eigenvalue weighted by atomic mass is 16.5. The highest BCUT2D eigenvalue weighted by molar-refractivity contribution is 6.20. The number of carbonyl (C=O) groups is 4. The van der Waals surface area contributed by atoms with Crippen LogP contribution in [0.15, 0.2) is 0 Å². The molecule has 1 heterocycles. The van der Waals surface area contributed by atoms with Crippen molar-refractivity contribution in [1.82, 2.24) is 20.4 Å². The molecule has 1 aliphatic rings. The molecule has 2 N–H and O–H groups in total. The lowest BCUT2D eigenvalue weighted by atomic mass is 10.2. The van der Waals surface area contributed by atoms with Crippen LogP contribution in [0.5, 0.6) is 0 Å². The van der Waals surface area contributed by atoms with Crippen molar-refractivity contribution in [3.63, 3.8) is 0 Å². The van der Waals surface area contributed by atoms with Crippen molar-refractivity contribution in [2.75, 3.05) is 28.3 Å². The third-order valence-corrected chi connectivity index (χ3v) is 2.70. The number of amides is 6. The molecule has 1 fully saturated rings. The van der Waals surface area contributed by atoms with E-state index in [0.29, 0.717) is 0 Å². The molecule has 18 heavy (non-hydrogen) atoms. The summed E-state index contributed by atoms with van der Waals surface area (Å²) in [5.74, 6) is -1.89. The largest absolute Gasteiger partial charge is 0.343 e. The second-order valence-electron chi connectivity index (χ2n) is 3.59. The SMILES string of the molecule is CNC(=O)NC(=O)C1(OC)C(=O)N(C)C(=O)N1C. The molecule has 0 aromatic rings. The summed E-state index contributed by atoms with van der Waals surface area (Å²) >= 11 is 0. The van der Waals surface area contributed by atoms with Gasteiger partial charge in [0.05, 0.1) is 0 Å². The Morgan fingerprint density at radius 2 is 1.83 bits per heavy atom. The van der Waals surface area contributed by atoms with Crippen molar-refractivity contribution in [1.29, 1.82) is 0 Å². The Bertz CT molecular complexity index is 423. The number of imide groups is 2. The lowest BCUT2D eigenvalue weighted by Crippen LogP contribution is -2.62. The quantitative estimate of drug-likeness (QED) is 0.454. The number of carbonyl (C=O) groups excluding carboxylic acids is 4. The molecule has 1 rings (SSSR count). The van der Waals surface area contributed by atoms with Gasteiger partial charge in [0.25, 0.3) is 11.8 Å². The van der Waals surface area contributed by atoms with Gasteiger partial charge < -0.3 is 10.1 Å². The number of methoxy groups -OCH3 is 1. The summed E-state index contributed by atoms with van der Waals surface area (Å²) in [6, 6.07) is -1.51. The normalized spacial score (nSPS) is 23.3. The number of nitrogens with zero attached hydrogens (tertiary/aromatic N) is 2. The number of hydrogen-bond donors (Lipinski definition) is 2. The Balaban J connectivity index is 3.13. The third kappa shape index (κ3) is 1.68. The van der Waals surface area contributed by atoms with E-state index in [-0.39, 0.29) is 0 Å². The van der Waals surface area contributed by atoms with Crippen LogP contribution in [0.2, 0.25) is 0 Å². The van der Waals surface area contributed by atoms with Gasteiger partial charge in [0.1, 0.15) is 0 Å². The zero-order valence-electron chi connectivity index (χ0n) is 10.4. The molecule has 0 aromatic heterocycles. The van der Waals surface area contributed by atoms with Crippen LogP contribution in [0.25, 0.3) is 0 Å². The minimum Gasteiger partial charge on any atom is -0.343 e. The van der Waals surface area contributed by atoms with E-state index in [4.69, 9.17) is 4.74 Å². The van der Waals surface area contributed by atoms with Gasteiger partial charge in [-0.2, -0.15) is 0 Å². The molecular weight excluding hydrogens is 244 g/mol. The highest BCUT2D eigenvalue weighted by Gasteiger charge is 2.61. The fourth-order valence-electron chi connectivity index (χ4n) is 1.63. The van der Waals surface area contributed by atoms with Crippen molar-refractivity contribution >= 4 is 23.9 Å². The molecule has 1 aliphatic heterocycles. The van der Waals surface area contributed by atoms with Crippen LogP contribution in [0, 0.1) is 0 Å². The van der Waals surface area contributed by atoms with E-state index in [9.17, 15) is 19.2 Å². The van der Waals surface area contributed by atoms with Gasteiger partial charge in [-0.3, -0.25) is 24.7 Å². The highest BCUT2D eigenvalue weighted by Crippen LogP contribution is 2.26. The van der Waals surface area contributed by atoms with E-state index in [0.717, 1.165) is 16.9 Å². The smallest absolute Gasteiger partial charge is 0.329 e. The summed E-state index contributed by atoms with van der Waals surface area (Å²) in [6.07, 6.45) is 0. The Hall–Kier alpha value is -2.16. The van der Waals surface area contributed by atoms with E-state index in [1.54, 1.807) is 0 Å². The second-order valence-corrected chi connectivity index (χ2v) is 3.59. The minimum atomic E-state index is -2.15. The average molecular weight is 258 g/mol. The maximum absolute atomic E-state index is 11.9. The lowest BCUT2D eigenvalue weighted by molar-refractivity contribution is -0.169. The number of likely N-dealkylation sites (N-methyl/N-ethyl adjacent to an activating group) is 2. The first kappa shape index (κ1) is 13.9. The molecule has 0 aromatic carbocycles. The zero-order chi connectivity index (χ0) is 14.1. The predicted octanol–water partition coefficient (Wildman–Crippen LogP) is -1.69. The first-order valence-corrected chi connectivity index (χ1v) is 4.97. The fourth-order valence-corrected chi connectivity index (χ4v) is 1.63. The molecule has 100 valence electrons. The van der Waals surface area contributed by atoms with Gasteiger partial charge in [-0.05, 0) is 0 Å². The number of urea groups is 2. The maximum Gasteiger partial charge on any atom is 0.329 e. The Kier molecular flexibility index (Phi) is 3.56. The molecule has 6 amide bonds. The van der Waals surface area contributed by atoms with Gasteiger partial charge in [0.2, 0.25) is 0 Å². The van der Waals surface area contributed by atoms with Gasteiger partial charge >= 0.3 is 17.8 Å². The van der Waals surface area contributed by atoms with Crippen molar-refractivity contribution in [3.8, 4) is 0 Å². The number of hydrogen-bond acceptors (Lipinski definition) is 5. The Labute approximate surface area is 103 Å². The third-order valence-electron chi connectivity index (χ3n) is 2.70. The van der Waals surface area contributed by atoms with E-state index in [2.05, 4.69) is 5.32 Å². The van der Waals surface area contributed by atoms with Crippen molar-refractivity contribution < 1.29 is 23.9 Å². The fraction of sp³-hybridized carbons (Fsp3) is 0.556. The van der Waals surface area contributed by atoms with Gasteiger partial charge in [0.15, 0.2) is 0 Å². The molecule has 9 heteroatoms. The summed E-state index contributed by atoms with van der Waals surface area (Å²) in [6.45, 7) is 0. The molecule has 0 spiro atoms. The summed E-state index contributed by atoms with van der Waals surface area (Å²) in [7, 11) is 4.86. The second kappa shape index (κ2) is 4.61. The Morgan fingerprint density at radius 1 is 1.28 bits per heavy atom. The standard InChI is InChI=1S/C9H14N4O5/c1-10-7(16)11-5(14)9(18-4)6(15)12(2)8(17)13(9)3/h1-4H3,(H2,10,11,14,16). The summed E-state index contributed by atoms with van der Waals surface area (Å²) in [4.78, 5) is 48.2. The molecule has 1 unspecified atom stereocenters. The van der Waals surface area contributed by atoms with Gasteiger partial charge in [-0.25, -0.2) is 9.59 Å². The molecular formula is C9H14N4O5. The minimum absolute atomic E-state index is 0.700. The summed E-state index contributed by atoms with van der Waals surface area (Å²) in [5.41, 5.74) is -2.15. The zero-order valence-corrected chi connectivity index (χ0v) is 10.4. The average Bonchev–Trinajstić information content (AvgIpc) is 2.52. The molecule has 9 nitrogen and oxygen atoms in total. The number of nitrogens with one attached hydrogen (secondary N) is 2. The van der Waals surface area contributed by atoms with Crippen LogP contribution in [0.4, 0.5) is 9.59 Å². The monoisotopic (exact) mass is 258 g/mol. The number of ether oxygens (including phenoxy) is 1. The Morgan fingerprint density at radius 3 is 2.17 bits per heavy atom. The van der Waals surface area contributed by atoms with Gasteiger partial charge in [-0.1, -0.05) is 0 Å². The van der Waals surface area contributed by atoms with Crippen LogP contribution in [-0.2, 0) is 14.3 Å². The molecule has 0 bridgehead atoms. The predicted molar refractivity (Wildman–Crippen MR) is 58.3 cm³/mol. The van der Waals surface area contributed by atoms with Gasteiger partial charge in [0, 0.05) is 28.3 Å². The molecule has 0 aliphatic carbocycles. The summed E-state index contributed by atoms with van der Waals surface area (Å²) in [5, 5.41) is 4.07. The van der Waals surface area contributed by atoms with Crippen LogP contribution in [-0.4, -0.2) is 67.7 Å². The van der Waals surface area contributed by atoms with Crippen molar-refractivity contribution in [2.24, 2.45) is 0 Å². The molecule has 0 radical (unpaired) electrons. The van der Waals surface area contributed by atoms with E-state index in [1.165, 1.54) is 21.1 Å². The van der Waals surface area contributed by atoms with E-state index in [1.807, 2.05) is 5.32 Å². The van der Waals surface area contributed by atoms with Crippen LogP contribution >= 0.6 is 0 Å². The maximum atomic E-state index is 11.9. The number of rotatable bonds is 2. The van der Waals surface area contributed by atoms with Crippen LogP contribution in [0.1, 0.15) is 0 Å².